The number of sulfonamides is 1. The number of nitrogens with two attached hydrogens (primary N) is 1. The molecule has 0 saturated carbocycles. The molecule has 1 rings (SSSR count). The van der Waals surface area contributed by atoms with Gasteiger partial charge in [0.05, 0.1) is 6.67 Å². The van der Waals surface area contributed by atoms with Gasteiger partial charge in [0, 0.05) is 16.8 Å². The molecule has 0 unspecified atom stereocenters. The van der Waals surface area contributed by atoms with Gasteiger partial charge in [0.25, 0.3) is 10.0 Å². The number of primary sulfonamides is 1. The number of hydrogen-bond donors (Lipinski definition) is 1. The van der Waals surface area contributed by atoms with E-state index in [4.69, 9.17) is 5.14 Å². The van der Waals surface area contributed by atoms with Crippen LogP contribution in [0.15, 0.2) is 28.3 Å². The molecule has 0 aromatic carbocycles. The second kappa shape index (κ2) is 5.43. The summed E-state index contributed by atoms with van der Waals surface area (Å²) in [6, 6.07) is 3.22. The quantitative estimate of drug-likeness (QED) is 0.629. The van der Waals surface area contributed by atoms with E-state index in [2.05, 4.69) is 4.98 Å². The van der Waals surface area contributed by atoms with E-state index in [0.29, 0.717) is 17.1 Å². The van der Waals surface area contributed by atoms with Crippen molar-refractivity contribution in [2.24, 2.45) is 5.14 Å². The van der Waals surface area contributed by atoms with Gasteiger partial charge < -0.3 is 0 Å². The Morgan fingerprint density at radius 1 is 1.53 bits per heavy atom. The molecule has 0 bridgehead atoms. The molecule has 0 aliphatic carbocycles. The van der Waals surface area contributed by atoms with E-state index in [0.717, 1.165) is 0 Å². The van der Waals surface area contributed by atoms with Crippen LogP contribution >= 0.6 is 11.8 Å². The van der Waals surface area contributed by atoms with Gasteiger partial charge in [-0.1, -0.05) is 0 Å². The summed E-state index contributed by atoms with van der Waals surface area (Å²) in [6.45, 7) is -0.419. The summed E-state index contributed by atoms with van der Waals surface area (Å²) in [6.07, 6.45) is 1.74. The number of pyridine rings is 1. The van der Waals surface area contributed by atoms with Crippen molar-refractivity contribution in [2.45, 2.75) is 16.3 Å². The van der Waals surface area contributed by atoms with E-state index >= 15 is 0 Å². The number of thioether (sulfide) groups is 1. The lowest BCUT2D eigenvalue weighted by Crippen LogP contribution is -2.15. The minimum atomic E-state index is -3.80. The molecular formula is C8H11FN2O2S2. The molecule has 4 nitrogen and oxygen atoms in total. The summed E-state index contributed by atoms with van der Waals surface area (Å²) >= 11 is 1.24. The van der Waals surface area contributed by atoms with Crippen molar-refractivity contribution in [1.82, 2.24) is 4.98 Å². The first kappa shape index (κ1) is 12.4. The molecule has 7 heteroatoms. The molecule has 0 amide bonds. The predicted octanol–water partition coefficient (Wildman–Crippen LogP) is 1.18. The van der Waals surface area contributed by atoms with E-state index in [9.17, 15) is 12.8 Å². The summed E-state index contributed by atoms with van der Waals surface area (Å²) in [5.74, 6) is 0.505. The third-order valence-electron chi connectivity index (χ3n) is 1.54. The molecule has 0 fully saturated rings. The number of halogens is 1. The SMILES string of the molecule is NS(=O)(=O)c1ncccc1SCCCF. The minimum absolute atomic E-state index is 0.145. The van der Waals surface area contributed by atoms with Crippen molar-refractivity contribution in [3.8, 4) is 0 Å². The average molecular weight is 250 g/mol. The van der Waals surface area contributed by atoms with Crippen LogP contribution in [-0.4, -0.2) is 25.8 Å². The maximum atomic E-state index is 11.9. The lowest BCUT2D eigenvalue weighted by Gasteiger charge is -2.04. The summed E-state index contributed by atoms with van der Waals surface area (Å²) in [5.41, 5.74) is 0. The third-order valence-corrected chi connectivity index (χ3v) is 3.67. The molecule has 2 N–H and O–H groups in total. The Hall–Kier alpha value is -0.660. The van der Waals surface area contributed by atoms with Gasteiger partial charge in [0.2, 0.25) is 0 Å². The highest BCUT2D eigenvalue weighted by Gasteiger charge is 2.14. The zero-order valence-electron chi connectivity index (χ0n) is 7.89. The van der Waals surface area contributed by atoms with E-state index in [-0.39, 0.29) is 5.03 Å². The Morgan fingerprint density at radius 3 is 2.87 bits per heavy atom. The minimum Gasteiger partial charge on any atom is -0.251 e. The topological polar surface area (TPSA) is 73.1 Å². The first-order valence-electron chi connectivity index (χ1n) is 4.22. The Kier molecular flexibility index (Phi) is 4.49. The van der Waals surface area contributed by atoms with Gasteiger partial charge in [-0.15, -0.1) is 11.8 Å². The van der Waals surface area contributed by atoms with Crippen LogP contribution in [0.3, 0.4) is 0 Å². The molecule has 1 aromatic heterocycles. The molecule has 0 aliphatic heterocycles. The smallest absolute Gasteiger partial charge is 0.251 e. The van der Waals surface area contributed by atoms with Crippen LogP contribution in [0.25, 0.3) is 0 Å². The van der Waals surface area contributed by atoms with Gasteiger partial charge in [-0.05, 0) is 18.6 Å². The molecule has 0 atom stereocenters. The molecule has 0 radical (unpaired) electrons. The van der Waals surface area contributed by atoms with Crippen molar-refractivity contribution in [3.63, 3.8) is 0 Å². The van der Waals surface area contributed by atoms with E-state index in [1.807, 2.05) is 0 Å². The zero-order valence-corrected chi connectivity index (χ0v) is 9.52. The van der Waals surface area contributed by atoms with Crippen LogP contribution in [0.5, 0.6) is 0 Å². The molecule has 0 spiro atoms. The largest absolute Gasteiger partial charge is 0.256 e. The average Bonchev–Trinajstić information content (AvgIpc) is 2.17. The normalized spacial score (nSPS) is 11.6. The van der Waals surface area contributed by atoms with Crippen LogP contribution in [0, 0.1) is 0 Å². The third kappa shape index (κ3) is 3.77. The van der Waals surface area contributed by atoms with Crippen molar-refractivity contribution >= 4 is 21.8 Å². The number of aromatic nitrogens is 1. The molecule has 0 aliphatic rings. The standard InChI is InChI=1S/C8H11FN2O2S2/c9-4-2-6-14-7-3-1-5-11-8(7)15(10,12)13/h1,3,5H,2,4,6H2,(H2,10,12,13). The van der Waals surface area contributed by atoms with E-state index < -0.39 is 16.7 Å². The highest BCUT2D eigenvalue weighted by molar-refractivity contribution is 8.00. The Balaban J connectivity index is 2.88. The van der Waals surface area contributed by atoms with Crippen LogP contribution in [0.4, 0.5) is 4.39 Å². The van der Waals surface area contributed by atoms with Crippen LogP contribution < -0.4 is 5.14 Å². The van der Waals surface area contributed by atoms with Crippen molar-refractivity contribution in [2.75, 3.05) is 12.4 Å². The Bertz CT molecular complexity index is 422. The lowest BCUT2D eigenvalue weighted by molar-refractivity contribution is 0.489. The van der Waals surface area contributed by atoms with E-state index in [1.54, 1.807) is 12.1 Å². The number of alkyl halides is 1. The second-order valence-corrected chi connectivity index (χ2v) is 5.36. The molecule has 15 heavy (non-hydrogen) atoms. The van der Waals surface area contributed by atoms with Gasteiger partial charge in [-0.3, -0.25) is 4.39 Å². The predicted molar refractivity (Wildman–Crippen MR) is 56.9 cm³/mol. The lowest BCUT2D eigenvalue weighted by atomic mass is 10.5. The second-order valence-electron chi connectivity index (χ2n) is 2.74. The molecule has 84 valence electrons. The number of hydrogen-bond acceptors (Lipinski definition) is 4. The van der Waals surface area contributed by atoms with Gasteiger partial charge >= 0.3 is 0 Å². The molecular weight excluding hydrogens is 239 g/mol. The van der Waals surface area contributed by atoms with Crippen molar-refractivity contribution < 1.29 is 12.8 Å². The maximum Gasteiger partial charge on any atom is 0.256 e. The summed E-state index contributed by atoms with van der Waals surface area (Å²) in [7, 11) is -3.80. The summed E-state index contributed by atoms with van der Waals surface area (Å²) in [5, 5.41) is 4.84. The first-order chi connectivity index (χ1) is 7.05. The highest BCUT2D eigenvalue weighted by Crippen LogP contribution is 2.24. The van der Waals surface area contributed by atoms with Crippen LogP contribution in [0.2, 0.25) is 0 Å². The Morgan fingerprint density at radius 2 is 2.27 bits per heavy atom. The fourth-order valence-corrected chi connectivity index (χ4v) is 2.84. The highest BCUT2D eigenvalue weighted by atomic mass is 32.2. The fraction of sp³-hybridized carbons (Fsp3) is 0.375. The maximum absolute atomic E-state index is 11.9. The van der Waals surface area contributed by atoms with Gasteiger partial charge in [0.1, 0.15) is 0 Å². The van der Waals surface area contributed by atoms with E-state index in [1.165, 1.54) is 18.0 Å². The van der Waals surface area contributed by atoms with Crippen LogP contribution in [-0.2, 0) is 10.0 Å². The van der Waals surface area contributed by atoms with Gasteiger partial charge in [-0.25, -0.2) is 18.5 Å². The van der Waals surface area contributed by atoms with Crippen molar-refractivity contribution in [3.05, 3.63) is 18.3 Å². The van der Waals surface area contributed by atoms with Gasteiger partial charge in [-0.2, -0.15) is 0 Å². The van der Waals surface area contributed by atoms with Crippen molar-refractivity contribution in [1.29, 1.82) is 0 Å². The van der Waals surface area contributed by atoms with Crippen LogP contribution in [0.1, 0.15) is 6.42 Å². The summed E-state index contributed by atoms with van der Waals surface area (Å²) < 4.78 is 34.1. The molecule has 1 heterocycles. The molecule has 1 aromatic rings. The van der Waals surface area contributed by atoms with Gasteiger partial charge in [0.15, 0.2) is 5.03 Å². The Labute approximate surface area is 92.1 Å². The number of nitrogens with zero attached hydrogens (tertiary/aromatic N) is 1. The first-order valence-corrected chi connectivity index (χ1v) is 6.75. The fourth-order valence-electron chi connectivity index (χ4n) is 0.936. The number of rotatable bonds is 5. The zero-order chi connectivity index (χ0) is 11.3. The molecule has 0 saturated heterocycles. The summed E-state index contributed by atoms with van der Waals surface area (Å²) in [4.78, 5) is 4.17. The monoisotopic (exact) mass is 250 g/mol.